The Bertz CT molecular complexity index is 90.9. The summed E-state index contributed by atoms with van der Waals surface area (Å²) in [5.41, 5.74) is 0. The van der Waals surface area contributed by atoms with Crippen LogP contribution >= 0.6 is 33.3 Å². The first kappa shape index (κ1) is 10.8. The molecule has 0 nitrogen and oxygen atoms in total. The van der Waals surface area contributed by atoms with Crippen molar-refractivity contribution in [2.24, 2.45) is 0 Å². The second kappa shape index (κ2) is 7.89. The molecule has 0 fully saturated rings. The SMILES string of the molecule is C/C=C\SC(CC)SSC. The Labute approximate surface area is 76.0 Å². The number of thioether (sulfide) groups is 1. The van der Waals surface area contributed by atoms with Crippen molar-refractivity contribution in [3.63, 3.8) is 0 Å². The van der Waals surface area contributed by atoms with Crippen molar-refractivity contribution in [2.75, 3.05) is 6.26 Å². The molecule has 1 unspecified atom stereocenters. The zero-order chi connectivity index (χ0) is 7.82. The number of hydrogen-bond acceptors (Lipinski definition) is 3. The molecule has 0 aliphatic rings. The molecule has 0 bridgehead atoms. The molecule has 0 aromatic carbocycles. The van der Waals surface area contributed by atoms with E-state index in [-0.39, 0.29) is 0 Å². The summed E-state index contributed by atoms with van der Waals surface area (Å²) >= 11 is 1.91. The van der Waals surface area contributed by atoms with Gasteiger partial charge in [-0.1, -0.05) is 34.6 Å². The molecular formula is C7H14S3. The largest absolute Gasteiger partial charge is 0.119 e. The van der Waals surface area contributed by atoms with E-state index in [1.165, 1.54) is 6.42 Å². The Balaban J connectivity index is 3.39. The van der Waals surface area contributed by atoms with Gasteiger partial charge < -0.3 is 0 Å². The van der Waals surface area contributed by atoms with Gasteiger partial charge in [0.25, 0.3) is 0 Å². The van der Waals surface area contributed by atoms with Gasteiger partial charge in [-0.05, 0) is 25.0 Å². The molecule has 0 amide bonds. The molecule has 1 atom stereocenters. The molecule has 0 aromatic rings. The summed E-state index contributed by atoms with van der Waals surface area (Å²) in [6.07, 6.45) is 5.46. The van der Waals surface area contributed by atoms with Crippen molar-refractivity contribution < 1.29 is 0 Å². The van der Waals surface area contributed by atoms with Crippen LogP contribution in [0.15, 0.2) is 11.5 Å². The quantitative estimate of drug-likeness (QED) is 0.479. The normalized spacial score (nSPS) is 14.3. The van der Waals surface area contributed by atoms with E-state index in [4.69, 9.17) is 0 Å². The Kier molecular flexibility index (Phi) is 8.52. The fraction of sp³-hybridized carbons (Fsp3) is 0.714. The van der Waals surface area contributed by atoms with Crippen LogP contribution in [0.4, 0.5) is 0 Å². The van der Waals surface area contributed by atoms with Crippen molar-refractivity contribution in [3.8, 4) is 0 Å². The van der Waals surface area contributed by atoms with Crippen molar-refractivity contribution in [3.05, 3.63) is 11.5 Å². The van der Waals surface area contributed by atoms with E-state index in [1.807, 2.05) is 33.3 Å². The van der Waals surface area contributed by atoms with Crippen LogP contribution in [0.2, 0.25) is 0 Å². The maximum Gasteiger partial charge on any atom is 0.0644 e. The van der Waals surface area contributed by atoms with Gasteiger partial charge in [-0.25, -0.2) is 0 Å². The van der Waals surface area contributed by atoms with Crippen LogP contribution in [0.25, 0.3) is 0 Å². The van der Waals surface area contributed by atoms with E-state index in [0.717, 1.165) is 4.58 Å². The van der Waals surface area contributed by atoms with Crippen LogP contribution < -0.4 is 0 Å². The van der Waals surface area contributed by atoms with Gasteiger partial charge in [0.2, 0.25) is 0 Å². The molecule has 0 aliphatic heterocycles. The first-order valence-electron chi connectivity index (χ1n) is 3.31. The summed E-state index contributed by atoms with van der Waals surface area (Å²) in [4.78, 5) is 0. The molecule has 0 N–H and O–H groups in total. The van der Waals surface area contributed by atoms with Gasteiger partial charge in [0.05, 0.1) is 4.58 Å². The highest BCUT2D eigenvalue weighted by Gasteiger charge is 2.02. The van der Waals surface area contributed by atoms with Gasteiger partial charge in [0.15, 0.2) is 0 Å². The minimum absolute atomic E-state index is 0.728. The smallest absolute Gasteiger partial charge is 0.0644 e. The van der Waals surface area contributed by atoms with E-state index in [2.05, 4.69) is 31.6 Å². The van der Waals surface area contributed by atoms with Gasteiger partial charge in [0, 0.05) is 0 Å². The van der Waals surface area contributed by atoms with Gasteiger partial charge in [0.1, 0.15) is 0 Å². The molecule has 0 spiro atoms. The Morgan fingerprint density at radius 3 is 2.60 bits per heavy atom. The second-order valence-corrected chi connectivity index (χ2v) is 5.79. The van der Waals surface area contributed by atoms with Gasteiger partial charge in [-0.3, -0.25) is 0 Å². The lowest BCUT2D eigenvalue weighted by Gasteiger charge is -2.07. The molecular weight excluding hydrogens is 180 g/mol. The number of rotatable bonds is 5. The molecule has 0 heterocycles. The van der Waals surface area contributed by atoms with Gasteiger partial charge >= 0.3 is 0 Å². The molecule has 0 aromatic heterocycles. The number of hydrogen-bond donors (Lipinski definition) is 0. The fourth-order valence-electron chi connectivity index (χ4n) is 0.460. The van der Waals surface area contributed by atoms with Gasteiger partial charge in [-0.2, -0.15) is 0 Å². The molecule has 3 heteroatoms. The lowest BCUT2D eigenvalue weighted by molar-refractivity contribution is 1.06. The van der Waals surface area contributed by atoms with Crippen LogP contribution in [-0.2, 0) is 0 Å². The standard InChI is InChI=1S/C7H14S3/c1-4-6-9-7(5-2)10-8-3/h4,6-7H,5H2,1-3H3/b6-4-. The van der Waals surface area contributed by atoms with Crippen molar-refractivity contribution in [1.29, 1.82) is 0 Å². The molecule has 0 radical (unpaired) electrons. The summed E-state index contributed by atoms with van der Waals surface area (Å²) in [5.74, 6) is 0. The summed E-state index contributed by atoms with van der Waals surface area (Å²) in [6.45, 7) is 4.29. The minimum atomic E-state index is 0.728. The predicted octanol–water partition coefficient (Wildman–Crippen LogP) is 4.00. The monoisotopic (exact) mass is 194 g/mol. The Morgan fingerprint density at radius 1 is 1.50 bits per heavy atom. The van der Waals surface area contributed by atoms with Crippen molar-refractivity contribution >= 4 is 33.3 Å². The molecule has 0 rings (SSSR count). The summed E-state index contributed by atoms with van der Waals surface area (Å²) < 4.78 is 0.728. The van der Waals surface area contributed by atoms with Crippen LogP contribution in [-0.4, -0.2) is 10.8 Å². The van der Waals surface area contributed by atoms with E-state index < -0.39 is 0 Å². The summed E-state index contributed by atoms with van der Waals surface area (Å²) in [7, 11) is 3.79. The average molecular weight is 194 g/mol. The zero-order valence-electron chi connectivity index (χ0n) is 6.66. The third-order valence-corrected chi connectivity index (χ3v) is 4.97. The topological polar surface area (TPSA) is 0 Å². The molecule has 0 saturated carbocycles. The highest BCUT2D eigenvalue weighted by atomic mass is 33.1. The van der Waals surface area contributed by atoms with Crippen LogP contribution in [0, 0.1) is 0 Å². The average Bonchev–Trinajstić information content (AvgIpc) is 1.98. The van der Waals surface area contributed by atoms with E-state index >= 15 is 0 Å². The van der Waals surface area contributed by atoms with Crippen LogP contribution in [0.1, 0.15) is 20.3 Å². The highest BCUT2D eigenvalue weighted by Crippen LogP contribution is 2.34. The fourth-order valence-corrected chi connectivity index (χ4v) is 3.88. The minimum Gasteiger partial charge on any atom is -0.119 e. The van der Waals surface area contributed by atoms with Crippen LogP contribution in [0.5, 0.6) is 0 Å². The summed E-state index contributed by atoms with van der Waals surface area (Å²) in [5, 5.41) is 2.16. The second-order valence-electron chi connectivity index (χ2n) is 1.71. The maximum atomic E-state index is 2.23. The number of allylic oxidation sites excluding steroid dienone is 1. The van der Waals surface area contributed by atoms with Crippen molar-refractivity contribution in [2.45, 2.75) is 24.9 Å². The Morgan fingerprint density at radius 2 is 2.20 bits per heavy atom. The lowest BCUT2D eigenvalue weighted by Crippen LogP contribution is -1.87. The first-order valence-corrected chi connectivity index (χ1v) is 6.87. The highest BCUT2D eigenvalue weighted by molar-refractivity contribution is 8.78. The molecule has 10 heavy (non-hydrogen) atoms. The maximum absolute atomic E-state index is 2.23. The molecule has 0 saturated heterocycles. The Hall–Kier alpha value is 0.790. The predicted molar refractivity (Wildman–Crippen MR) is 57.6 cm³/mol. The van der Waals surface area contributed by atoms with Crippen molar-refractivity contribution in [1.82, 2.24) is 0 Å². The molecule has 0 aliphatic carbocycles. The first-order chi connectivity index (χ1) is 4.85. The van der Waals surface area contributed by atoms with Crippen LogP contribution in [0.3, 0.4) is 0 Å². The zero-order valence-corrected chi connectivity index (χ0v) is 9.11. The third-order valence-electron chi connectivity index (χ3n) is 0.903. The summed E-state index contributed by atoms with van der Waals surface area (Å²) in [6, 6.07) is 0. The van der Waals surface area contributed by atoms with Gasteiger partial charge in [-0.15, -0.1) is 11.8 Å². The van der Waals surface area contributed by atoms with E-state index in [9.17, 15) is 0 Å². The molecule has 60 valence electrons. The third kappa shape index (κ3) is 5.57. The van der Waals surface area contributed by atoms with E-state index in [1.54, 1.807) is 0 Å². The van der Waals surface area contributed by atoms with E-state index in [0.29, 0.717) is 0 Å². The lowest BCUT2D eigenvalue weighted by atomic mass is 10.6.